The second-order valence-corrected chi connectivity index (χ2v) is 5.78. The van der Waals surface area contributed by atoms with Crippen LogP contribution < -0.4 is 5.32 Å². The lowest BCUT2D eigenvalue weighted by molar-refractivity contribution is 0.132. The molecule has 0 amide bonds. The predicted molar refractivity (Wildman–Crippen MR) is 77.4 cm³/mol. The van der Waals surface area contributed by atoms with Crippen molar-refractivity contribution in [1.29, 1.82) is 0 Å². The molecule has 2 nitrogen and oxygen atoms in total. The fourth-order valence-corrected chi connectivity index (χ4v) is 2.81. The van der Waals surface area contributed by atoms with Gasteiger partial charge < -0.3 is 5.32 Å². The molecule has 2 atom stereocenters. The summed E-state index contributed by atoms with van der Waals surface area (Å²) in [6.07, 6.45) is 1.34. The molecular weight excluding hydrogens is 220 g/mol. The molecule has 1 saturated heterocycles. The van der Waals surface area contributed by atoms with E-state index in [0.717, 1.165) is 24.9 Å². The third-order valence-electron chi connectivity index (χ3n) is 4.30. The maximum atomic E-state index is 3.26. The van der Waals surface area contributed by atoms with E-state index in [1.165, 1.54) is 30.6 Å². The van der Waals surface area contributed by atoms with E-state index in [-0.39, 0.29) is 0 Å². The highest BCUT2D eigenvalue weighted by atomic mass is 15.1. The Balaban J connectivity index is 2.01. The van der Waals surface area contributed by atoms with Crippen molar-refractivity contribution in [3.8, 4) is 0 Å². The van der Waals surface area contributed by atoms with Crippen molar-refractivity contribution < 1.29 is 0 Å². The smallest absolute Gasteiger partial charge is 0.0237 e. The molecule has 2 rings (SSSR count). The molecule has 0 bridgehead atoms. The van der Waals surface area contributed by atoms with Crippen molar-refractivity contribution in [3.05, 3.63) is 35.4 Å². The molecule has 1 aliphatic rings. The highest BCUT2D eigenvalue weighted by molar-refractivity contribution is 5.27. The van der Waals surface area contributed by atoms with Gasteiger partial charge in [0.15, 0.2) is 0 Å². The summed E-state index contributed by atoms with van der Waals surface area (Å²) < 4.78 is 0. The first kappa shape index (κ1) is 13.6. The zero-order chi connectivity index (χ0) is 13.0. The minimum absolute atomic E-state index is 0.829. The maximum Gasteiger partial charge on any atom is 0.0237 e. The van der Waals surface area contributed by atoms with Gasteiger partial charge >= 0.3 is 0 Å². The molecule has 2 unspecified atom stereocenters. The molecule has 0 spiro atoms. The molecule has 100 valence electrons. The maximum absolute atomic E-state index is 3.26. The van der Waals surface area contributed by atoms with E-state index in [1.807, 2.05) is 7.05 Å². The Kier molecular flexibility index (Phi) is 4.79. The topological polar surface area (TPSA) is 15.3 Å². The third kappa shape index (κ3) is 3.33. The summed E-state index contributed by atoms with van der Waals surface area (Å²) in [5.41, 5.74) is 2.92. The second-order valence-electron chi connectivity index (χ2n) is 5.78. The quantitative estimate of drug-likeness (QED) is 0.879. The summed E-state index contributed by atoms with van der Waals surface area (Å²) in [7, 11) is 2.02. The number of piperidine rings is 1. The average Bonchev–Trinajstić information content (AvgIpc) is 2.37. The van der Waals surface area contributed by atoms with Crippen molar-refractivity contribution in [2.45, 2.75) is 33.4 Å². The van der Waals surface area contributed by atoms with Gasteiger partial charge in [0.2, 0.25) is 0 Å². The molecule has 1 fully saturated rings. The lowest BCUT2D eigenvalue weighted by Crippen LogP contribution is -2.38. The molecule has 0 aliphatic carbocycles. The van der Waals surface area contributed by atoms with Crippen LogP contribution in [0.1, 0.15) is 31.4 Å². The average molecular weight is 246 g/mol. The summed E-state index contributed by atoms with van der Waals surface area (Å²) in [4.78, 5) is 2.61. The number of nitrogens with zero attached hydrogens (tertiary/aromatic N) is 1. The number of hydrogen-bond donors (Lipinski definition) is 1. The van der Waals surface area contributed by atoms with Gasteiger partial charge in [-0.15, -0.1) is 0 Å². The largest absolute Gasteiger partial charge is 0.316 e. The van der Waals surface area contributed by atoms with E-state index in [9.17, 15) is 0 Å². The van der Waals surface area contributed by atoms with E-state index in [4.69, 9.17) is 0 Å². The Morgan fingerprint density at radius 2 is 1.89 bits per heavy atom. The molecule has 1 N–H and O–H groups in total. The molecule has 0 radical (unpaired) electrons. The minimum Gasteiger partial charge on any atom is -0.316 e. The van der Waals surface area contributed by atoms with Crippen LogP contribution in [-0.2, 0) is 13.1 Å². The number of likely N-dealkylation sites (tertiary alicyclic amines) is 1. The van der Waals surface area contributed by atoms with Gasteiger partial charge in [0.05, 0.1) is 0 Å². The van der Waals surface area contributed by atoms with Gasteiger partial charge in [0, 0.05) is 19.6 Å². The molecular formula is C16H26N2. The molecule has 18 heavy (non-hydrogen) atoms. The van der Waals surface area contributed by atoms with Gasteiger partial charge in [-0.25, -0.2) is 0 Å². The summed E-state index contributed by atoms with van der Waals surface area (Å²) in [6.45, 7) is 9.34. The summed E-state index contributed by atoms with van der Waals surface area (Å²) in [6, 6.07) is 8.80. The molecule has 0 aromatic heterocycles. The molecule has 1 aromatic carbocycles. The lowest BCUT2D eigenvalue weighted by Gasteiger charge is -2.35. The fraction of sp³-hybridized carbons (Fsp3) is 0.625. The first-order valence-electron chi connectivity index (χ1n) is 7.14. The lowest BCUT2D eigenvalue weighted by atomic mass is 9.88. The van der Waals surface area contributed by atoms with Crippen LogP contribution in [0.4, 0.5) is 0 Å². The predicted octanol–water partition coefficient (Wildman–Crippen LogP) is 2.88. The fourth-order valence-electron chi connectivity index (χ4n) is 2.81. The summed E-state index contributed by atoms with van der Waals surface area (Å²) in [5, 5.41) is 3.26. The Labute approximate surface area is 111 Å². The Bertz CT molecular complexity index is 375. The van der Waals surface area contributed by atoms with E-state index < -0.39 is 0 Å². The van der Waals surface area contributed by atoms with Crippen molar-refractivity contribution in [1.82, 2.24) is 10.2 Å². The van der Waals surface area contributed by atoms with Gasteiger partial charge in [0.25, 0.3) is 0 Å². The van der Waals surface area contributed by atoms with Crippen LogP contribution in [0.2, 0.25) is 0 Å². The van der Waals surface area contributed by atoms with E-state index in [2.05, 4.69) is 48.3 Å². The Morgan fingerprint density at radius 1 is 1.17 bits per heavy atom. The van der Waals surface area contributed by atoms with Crippen molar-refractivity contribution in [2.24, 2.45) is 11.8 Å². The number of hydrogen-bond acceptors (Lipinski definition) is 2. The SMILES string of the molecule is CNCc1ccccc1CN1CCC(C)C(C)C1. The van der Waals surface area contributed by atoms with Crippen LogP contribution in [0.25, 0.3) is 0 Å². The van der Waals surface area contributed by atoms with Gasteiger partial charge in [-0.2, -0.15) is 0 Å². The summed E-state index contributed by atoms with van der Waals surface area (Å²) in [5.74, 6) is 1.71. The van der Waals surface area contributed by atoms with Gasteiger partial charge in [-0.05, 0) is 43.0 Å². The van der Waals surface area contributed by atoms with Crippen LogP contribution in [0.3, 0.4) is 0 Å². The number of benzene rings is 1. The summed E-state index contributed by atoms with van der Waals surface area (Å²) >= 11 is 0. The first-order chi connectivity index (χ1) is 8.70. The first-order valence-corrected chi connectivity index (χ1v) is 7.14. The molecule has 1 aromatic rings. The standard InChI is InChI=1S/C16H26N2/c1-13-8-9-18(11-14(13)2)12-16-7-5-4-6-15(16)10-17-3/h4-7,13-14,17H,8-12H2,1-3H3. The van der Waals surface area contributed by atoms with Crippen molar-refractivity contribution in [3.63, 3.8) is 0 Å². The van der Waals surface area contributed by atoms with Gasteiger partial charge in [-0.3, -0.25) is 4.90 Å². The molecule has 0 saturated carbocycles. The monoisotopic (exact) mass is 246 g/mol. The van der Waals surface area contributed by atoms with Crippen LogP contribution in [-0.4, -0.2) is 25.0 Å². The van der Waals surface area contributed by atoms with Crippen LogP contribution in [0.15, 0.2) is 24.3 Å². The highest BCUT2D eigenvalue weighted by Gasteiger charge is 2.22. The number of rotatable bonds is 4. The van der Waals surface area contributed by atoms with Crippen LogP contribution in [0, 0.1) is 11.8 Å². The Hall–Kier alpha value is -0.860. The van der Waals surface area contributed by atoms with Crippen LogP contribution in [0.5, 0.6) is 0 Å². The molecule has 1 aliphatic heterocycles. The number of nitrogens with one attached hydrogen (secondary N) is 1. The van der Waals surface area contributed by atoms with Crippen LogP contribution >= 0.6 is 0 Å². The third-order valence-corrected chi connectivity index (χ3v) is 4.30. The highest BCUT2D eigenvalue weighted by Crippen LogP contribution is 2.24. The second kappa shape index (κ2) is 6.35. The Morgan fingerprint density at radius 3 is 2.56 bits per heavy atom. The van der Waals surface area contributed by atoms with E-state index in [0.29, 0.717) is 0 Å². The zero-order valence-corrected chi connectivity index (χ0v) is 11.9. The van der Waals surface area contributed by atoms with E-state index in [1.54, 1.807) is 0 Å². The molecule has 2 heteroatoms. The van der Waals surface area contributed by atoms with Gasteiger partial charge in [-0.1, -0.05) is 38.1 Å². The van der Waals surface area contributed by atoms with Crippen molar-refractivity contribution in [2.75, 3.05) is 20.1 Å². The van der Waals surface area contributed by atoms with E-state index >= 15 is 0 Å². The van der Waals surface area contributed by atoms with Gasteiger partial charge in [0.1, 0.15) is 0 Å². The zero-order valence-electron chi connectivity index (χ0n) is 11.9. The minimum atomic E-state index is 0.829. The van der Waals surface area contributed by atoms with Crippen molar-refractivity contribution >= 4 is 0 Å². The normalized spacial score (nSPS) is 25.3. The molecule has 1 heterocycles.